The Balaban J connectivity index is 2.53. The topological polar surface area (TPSA) is 47.9 Å². The summed E-state index contributed by atoms with van der Waals surface area (Å²) in [6.07, 6.45) is 4.43. The number of hydrogen-bond donors (Lipinski definition) is 1. The molecule has 6 heteroatoms. The third kappa shape index (κ3) is 5.35. The summed E-state index contributed by atoms with van der Waals surface area (Å²) in [5.41, 5.74) is 2.17. The molecule has 2 aliphatic rings. The van der Waals surface area contributed by atoms with Crippen LogP contribution >= 0.6 is 0 Å². The van der Waals surface area contributed by atoms with E-state index >= 15 is 0 Å². The average molecular weight is 499 g/mol. The second-order valence-electron chi connectivity index (χ2n) is 12.6. The van der Waals surface area contributed by atoms with E-state index in [-0.39, 0.29) is 12.2 Å². The summed E-state index contributed by atoms with van der Waals surface area (Å²) in [5, 5.41) is 11.1. The highest BCUT2D eigenvalue weighted by atomic mass is 28.4. The Kier molecular flexibility index (Phi) is 9.57. The summed E-state index contributed by atoms with van der Waals surface area (Å²) in [7, 11) is -4.25. The summed E-state index contributed by atoms with van der Waals surface area (Å²) >= 11 is 0. The molecule has 0 aromatic carbocycles. The highest BCUT2D eigenvalue weighted by Gasteiger charge is 2.53. The van der Waals surface area contributed by atoms with Gasteiger partial charge in [0.1, 0.15) is 24.1 Å². The van der Waals surface area contributed by atoms with Crippen molar-refractivity contribution < 1.29 is 18.7 Å². The number of aliphatic hydroxyl groups is 1. The average Bonchev–Trinajstić information content (AvgIpc) is 2.67. The van der Waals surface area contributed by atoms with Gasteiger partial charge in [0.05, 0.1) is 6.10 Å². The first-order chi connectivity index (χ1) is 15.1. The van der Waals surface area contributed by atoms with Gasteiger partial charge >= 0.3 is 0 Å². The summed E-state index contributed by atoms with van der Waals surface area (Å²) in [6, 6.07) is 0. The van der Waals surface area contributed by atoms with Crippen molar-refractivity contribution in [2.45, 2.75) is 153 Å². The maximum absolute atomic E-state index is 11.1. The molecule has 0 aromatic heterocycles. The zero-order valence-electron chi connectivity index (χ0n) is 23.7. The highest BCUT2D eigenvalue weighted by Crippen LogP contribution is 2.48. The van der Waals surface area contributed by atoms with Crippen molar-refractivity contribution in [2.24, 2.45) is 0 Å². The van der Waals surface area contributed by atoms with Crippen LogP contribution in [-0.4, -0.2) is 46.2 Å². The molecular formula is C27H54O4Si2. The minimum Gasteiger partial charge on any atom is -0.492 e. The fraction of sp³-hybridized carbons (Fsp3) is 0.926. The van der Waals surface area contributed by atoms with Gasteiger partial charge in [-0.15, -0.1) is 0 Å². The fourth-order valence-electron chi connectivity index (χ4n) is 7.14. The summed E-state index contributed by atoms with van der Waals surface area (Å²) in [4.78, 5) is 0. The molecule has 0 amide bonds. The van der Waals surface area contributed by atoms with Crippen LogP contribution in [0.5, 0.6) is 0 Å². The van der Waals surface area contributed by atoms with Gasteiger partial charge in [-0.2, -0.15) is 0 Å². The Morgan fingerprint density at radius 2 is 1.15 bits per heavy atom. The Morgan fingerprint density at radius 1 is 0.758 bits per heavy atom. The second-order valence-corrected chi connectivity index (χ2v) is 23.4. The van der Waals surface area contributed by atoms with Crippen molar-refractivity contribution in [1.82, 2.24) is 0 Å². The van der Waals surface area contributed by atoms with Gasteiger partial charge in [-0.25, -0.2) is 0 Å². The molecule has 194 valence electrons. The molecule has 1 saturated carbocycles. The van der Waals surface area contributed by atoms with Gasteiger partial charge in [0.15, 0.2) is 0 Å². The summed E-state index contributed by atoms with van der Waals surface area (Å²) < 4.78 is 20.8. The first kappa shape index (κ1) is 29.1. The smallest absolute Gasteiger partial charge is 0.201 e. The molecule has 1 heterocycles. The molecule has 1 N–H and O–H groups in total. The lowest BCUT2D eigenvalue weighted by Crippen LogP contribution is -2.58. The molecule has 0 unspecified atom stereocenters. The van der Waals surface area contributed by atoms with Crippen molar-refractivity contribution in [1.29, 1.82) is 0 Å². The van der Waals surface area contributed by atoms with E-state index in [0.29, 0.717) is 39.9 Å². The Hall–Kier alpha value is -0.146. The van der Waals surface area contributed by atoms with Crippen LogP contribution in [0.4, 0.5) is 0 Å². The molecule has 0 radical (unpaired) electrons. The van der Waals surface area contributed by atoms with E-state index in [9.17, 15) is 5.11 Å². The second kappa shape index (κ2) is 10.9. The molecule has 0 spiro atoms. The van der Waals surface area contributed by atoms with Crippen molar-refractivity contribution in [3.05, 3.63) is 11.8 Å². The van der Waals surface area contributed by atoms with E-state index in [4.69, 9.17) is 13.6 Å². The SMILES string of the molecule is CC(C)[Si](O[C@@H]1C=C(C2(O)CCC2)OC[C@H]1O[Si](C(C)C)(C(C)C)C(C)C)(C(C)C)C(C)C. The monoisotopic (exact) mass is 498 g/mol. The van der Waals surface area contributed by atoms with Crippen molar-refractivity contribution in [3.8, 4) is 0 Å². The lowest BCUT2D eigenvalue weighted by Gasteiger charge is -2.51. The first-order valence-electron chi connectivity index (χ1n) is 13.6. The molecule has 33 heavy (non-hydrogen) atoms. The summed E-state index contributed by atoms with van der Waals surface area (Å²) in [5.74, 6) is 0.726. The zero-order valence-corrected chi connectivity index (χ0v) is 25.7. The van der Waals surface area contributed by atoms with Gasteiger partial charge in [-0.1, -0.05) is 83.1 Å². The predicted octanol–water partition coefficient (Wildman–Crippen LogP) is 7.94. The van der Waals surface area contributed by atoms with Gasteiger partial charge in [0.25, 0.3) is 0 Å². The lowest BCUT2D eigenvalue weighted by molar-refractivity contribution is -0.0826. The fourth-order valence-corrected chi connectivity index (χ4v) is 18.2. The minimum atomic E-state index is -2.14. The maximum Gasteiger partial charge on any atom is 0.201 e. The largest absolute Gasteiger partial charge is 0.492 e. The molecule has 0 bridgehead atoms. The van der Waals surface area contributed by atoms with E-state index in [2.05, 4.69) is 89.2 Å². The number of ether oxygens (including phenoxy) is 1. The maximum atomic E-state index is 11.1. The molecule has 1 aliphatic heterocycles. The lowest BCUT2D eigenvalue weighted by atomic mass is 9.78. The molecule has 4 nitrogen and oxygen atoms in total. The van der Waals surface area contributed by atoms with Gasteiger partial charge in [0.2, 0.25) is 16.6 Å². The van der Waals surface area contributed by atoms with Crippen LogP contribution in [0.15, 0.2) is 11.8 Å². The normalized spacial score (nSPS) is 24.2. The highest BCUT2D eigenvalue weighted by molar-refractivity contribution is 6.78. The Bertz CT molecular complexity index is 621. The predicted molar refractivity (Wildman–Crippen MR) is 145 cm³/mol. The third-order valence-corrected chi connectivity index (χ3v) is 21.1. The van der Waals surface area contributed by atoms with Crippen molar-refractivity contribution in [3.63, 3.8) is 0 Å². The van der Waals surface area contributed by atoms with E-state index in [1.807, 2.05) is 0 Å². The van der Waals surface area contributed by atoms with Crippen LogP contribution < -0.4 is 0 Å². The van der Waals surface area contributed by atoms with E-state index in [0.717, 1.165) is 25.0 Å². The molecule has 1 aliphatic carbocycles. The van der Waals surface area contributed by atoms with E-state index < -0.39 is 22.2 Å². The van der Waals surface area contributed by atoms with Crippen molar-refractivity contribution in [2.75, 3.05) is 6.61 Å². The molecule has 0 saturated heterocycles. The molecule has 1 fully saturated rings. The van der Waals surface area contributed by atoms with Crippen molar-refractivity contribution >= 4 is 16.6 Å². The van der Waals surface area contributed by atoms with Crippen LogP contribution in [-0.2, 0) is 13.6 Å². The van der Waals surface area contributed by atoms with Crippen LogP contribution in [0.3, 0.4) is 0 Å². The minimum absolute atomic E-state index is 0.126. The van der Waals surface area contributed by atoms with Crippen LogP contribution in [0.2, 0.25) is 33.2 Å². The summed E-state index contributed by atoms with van der Waals surface area (Å²) in [6.45, 7) is 28.5. The van der Waals surface area contributed by atoms with E-state index in [1.54, 1.807) is 0 Å². The molecule has 2 atom stereocenters. The Labute approximate surface area is 207 Å². The van der Waals surface area contributed by atoms with Crippen LogP contribution in [0.25, 0.3) is 0 Å². The van der Waals surface area contributed by atoms with E-state index in [1.165, 1.54) is 0 Å². The Morgan fingerprint density at radius 3 is 1.48 bits per heavy atom. The van der Waals surface area contributed by atoms with Crippen LogP contribution in [0, 0.1) is 0 Å². The quantitative estimate of drug-likeness (QED) is 0.294. The number of rotatable bonds is 11. The standard InChI is InChI=1S/C27H54O4Si2/c1-18(2)32(19(3)4,20(5)6)30-24-16-26(27(28)14-13-15-27)29-17-25(24)31-33(21(7)8,22(9)10)23(11)12/h16,18-25,28H,13-15,17H2,1-12H3/t24-,25-/m1/s1. The van der Waals surface area contributed by atoms with Gasteiger partial charge in [-0.3, -0.25) is 0 Å². The molecule has 0 aromatic rings. The first-order valence-corrected chi connectivity index (χ1v) is 17.9. The molecular weight excluding hydrogens is 444 g/mol. The molecule has 2 rings (SSSR count). The van der Waals surface area contributed by atoms with Gasteiger partial charge in [0, 0.05) is 0 Å². The van der Waals surface area contributed by atoms with Crippen LogP contribution in [0.1, 0.15) is 102 Å². The third-order valence-electron chi connectivity index (χ3n) is 8.83. The van der Waals surface area contributed by atoms with Gasteiger partial charge < -0.3 is 18.7 Å². The van der Waals surface area contributed by atoms with Gasteiger partial charge in [-0.05, 0) is 58.6 Å². The zero-order chi connectivity index (χ0) is 25.4. The number of hydrogen-bond acceptors (Lipinski definition) is 4.